The highest BCUT2D eigenvalue weighted by atomic mass is 16.5. The van der Waals surface area contributed by atoms with E-state index in [0.29, 0.717) is 13.2 Å². The summed E-state index contributed by atoms with van der Waals surface area (Å²) in [6, 6.07) is 17.9. The Kier molecular flexibility index (Phi) is 7.75. The molecule has 0 aliphatic heterocycles. The number of hydrogen-bond acceptors (Lipinski definition) is 4. The van der Waals surface area contributed by atoms with Crippen LogP contribution in [0.4, 0.5) is 0 Å². The van der Waals surface area contributed by atoms with Crippen molar-refractivity contribution in [3.05, 3.63) is 65.7 Å². The normalized spacial score (nSPS) is 12.3. The zero-order chi connectivity index (χ0) is 17.2. The minimum Gasteiger partial charge on any atom is -0.491 e. The average Bonchev–Trinajstić information content (AvgIpc) is 2.60. The number of ether oxygens (including phenoxy) is 2. The maximum atomic E-state index is 10.3. The first kappa shape index (κ1) is 18.5. The van der Waals surface area contributed by atoms with E-state index in [1.165, 1.54) is 11.1 Å². The van der Waals surface area contributed by atoms with Gasteiger partial charge in [-0.1, -0.05) is 42.5 Å². The number of aliphatic hydroxyl groups is 1. The molecule has 0 bridgehead atoms. The lowest BCUT2D eigenvalue weighted by molar-refractivity contribution is 0.0541. The molecule has 0 radical (unpaired) electrons. The van der Waals surface area contributed by atoms with E-state index in [2.05, 4.69) is 24.0 Å². The number of nitrogens with zero attached hydrogens (tertiary/aromatic N) is 1. The van der Waals surface area contributed by atoms with E-state index in [1.807, 2.05) is 42.5 Å². The Labute approximate surface area is 144 Å². The number of benzene rings is 2. The van der Waals surface area contributed by atoms with E-state index < -0.39 is 6.10 Å². The van der Waals surface area contributed by atoms with Crippen molar-refractivity contribution in [2.24, 2.45) is 0 Å². The standard InChI is InChI=1S/C20H27NO3/c1-17-8-6-7-9-18(17)14-21(12-13-23-2)15-19(22)16-24-20-10-4-3-5-11-20/h3-11,19,22H,12-16H2,1-2H3/t19-/m0/s1. The van der Waals surface area contributed by atoms with Crippen molar-refractivity contribution in [3.8, 4) is 5.75 Å². The third kappa shape index (κ3) is 6.32. The first-order valence-electron chi connectivity index (χ1n) is 8.30. The summed E-state index contributed by atoms with van der Waals surface area (Å²) < 4.78 is 10.8. The van der Waals surface area contributed by atoms with Crippen LogP contribution in [-0.4, -0.2) is 49.5 Å². The predicted molar refractivity (Wildman–Crippen MR) is 96.3 cm³/mol. The molecule has 0 saturated carbocycles. The first-order chi connectivity index (χ1) is 11.7. The lowest BCUT2D eigenvalue weighted by Crippen LogP contribution is -2.37. The van der Waals surface area contributed by atoms with Gasteiger partial charge in [0.15, 0.2) is 0 Å². The van der Waals surface area contributed by atoms with Gasteiger partial charge in [-0.05, 0) is 30.2 Å². The molecule has 4 nitrogen and oxygen atoms in total. The zero-order valence-electron chi connectivity index (χ0n) is 14.5. The molecule has 0 aliphatic carbocycles. The monoisotopic (exact) mass is 329 g/mol. The Bertz CT molecular complexity index is 588. The molecule has 130 valence electrons. The Hall–Kier alpha value is -1.88. The molecule has 0 spiro atoms. The summed E-state index contributed by atoms with van der Waals surface area (Å²) in [6.07, 6.45) is -0.550. The number of hydrogen-bond donors (Lipinski definition) is 1. The number of aliphatic hydroxyl groups excluding tert-OH is 1. The summed E-state index contributed by atoms with van der Waals surface area (Å²) in [5.41, 5.74) is 2.53. The van der Waals surface area contributed by atoms with Crippen LogP contribution in [0.3, 0.4) is 0 Å². The molecule has 1 N–H and O–H groups in total. The van der Waals surface area contributed by atoms with E-state index >= 15 is 0 Å². The molecule has 0 saturated heterocycles. The van der Waals surface area contributed by atoms with E-state index in [4.69, 9.17) is 9.47 Å². The van der Waals surface area contributed by atoms with E-state index in [0.717, 1.165) is 18.8 Å². The van der Waals surface area contributed by atoms with Crippen molar-refractivity contribution in [2.45, 2.75) is 19.6 Å². The minimum absolute atomic E-state index is 0.279. The van der Waals surface area contributed by atoms with Crippen molar-refractivity contribution in [1.82, 2.24) is 4.90 Å². The third-order valence-corrected chi connectivity index (χ3v) is 3.92. The molecular weight excluding hydrogens is 302 g/mol. The fourth-order valence-electron chi connectivity index (χ4n) is 2.54. The van der Waals surface area contributed by atoms with Crippen LogP contribution in [0.5, 0.6) is 5.75 Å². The molecule has 2 rings (SSSR count). The van der Waals surface area contributed by atoms with Crippen LogP contribution in [-0.2, 0) is 11.3 Å². The lowest BCUT2D eigenvalue weighted by Gasteiger charge is -2.25. The molecule has 0 heterocycles. The topological polar surface area (TPSA) is 41.9 Å². The van der Waals surface area contributed by atoms with Crippen LogP contribution in [0, 0.1) is 6.92 Å². The third-order valence-electron chi connectivity index (χ3n) is 3.92. The van der Waals surface area contributed by atoms with Gasteiger partial charge in [-0.2, -0.15) is 0 Å². The second-order valence-electron chi connectivity index (χ2n) is 5.93. The lowest BCUT2D eigenvalue weighted by atomic mass is 10.1. The highest BCUT2D eigenvalue weighted by Crippen LogP contribution is 2.12. The Morgan fingerprint density at radius 1 is 1.04 bits per heavy atom. The molecule has 1 atom stereocenters. The quantitative estimate of drug-likeness (QED) is 0.728. The summed E-state index contributed by atoms with van der Waals surface area (Å²) in [4.78, 5) is 2.20. The molecule has 0 aromatic heterocycles. The summed E-state index contributed by atoms with van der Waals surface area (Å²) in [5.74, 6) is 0.777. The van der Waals surface area contributed by atoms with Gasteiger partial charge in [-0.15, -0.1) is 0 Å². The molecule has 2 aromatic rings. The summed E-state index contributed by atoms with van der Waals surface area (Å²) >= 11 is 0. The van der Waals surface area contributed by atoms with Gasteiger partial charge in [-0.3, -0.25) is 4.90 Å². The molecule has 0 fully saturated rings. The van der Waals surface area contributed by atoms with Crippen molar-refractivity contribution < 1.29 is 14.6 Å². The van der Waals surface area contributed by atoms with Crippen LogP contribution in [0.1, 0.15) is 11.1 Å². The molecule has 4 heteroatoms. The maximum Gasteiger partial charge on any atom is 0.119 e. The van der Waals surface area contributed by atoms with Crippen LogP contribution in [0.2, 0.25) is 0 Å². The van der Waals surface area contributed by atoms with Crippen molar-refractivity contribution in [1.29, 1.82) is 0 Å². The summed E-state index contributed by atoms with van der Waals surface area (Å²) in [7, 11) is 1.70. The van der Waals surface area contributed by atoms with Crippen molar-refractivity contribution >= 4 is 0 Å². The zero-order valence-corrected chi connectivity index (χ0v) is 14.5. The summed E-state index contributed by atoms with van der Waals surface area (Å²) in [5, 5.41) is 10.3. The number of rotatable bonds is 10. The minimum atomic E-state index is -0.550. The van der Waals surface area contributed by atoms with Crippen LogP contribution >= 0.6 is 0 Å². The SMILES string of the molecule is COCCN(Cc1ccccc1C)C[C@H](O)COc1ccccc1. The van der Waals surface area contributed by atoms with Gasteiger partial charge >= 0.3 is 0 Å². The van der Waals surface area contributed by atoms with Gasteiger partial charge in [0.25, 0.3) is 0 Å². The molecule has 0 amide bonds. The van der Waals surface area contributed by atoms with Gasteiger partial charge in [0, 0.05) is 26.7 Å². The summed E-state index contributed by atoms with van der Waals surface area (Å²) in [6.45, 7) is 5.13. The molecule has 0 aliphatic rings. The first-order valence-corrected chi connectivity index (χ1v) is 8.30. The van der Waals surface area contributed by atoms with E-state index in [9.17, 15) is 5.11 Å². The van der Waals surface area contributed by atoms with Gasteiger partial charge in [0.1, 0.15) is 18.5 Å². The number of para-hydroxylation sites is 1. The fourth-order valence-corrected chi connectivity index (χ4v) is 2.54. The smallest absolute Gasteiger partial charge is 0.119 e. The average molecular weight is 329 g/mol. The fraction of sp³-hybridized carbons (Fsp3) is 0.400. The molecular formula is C20H27NO3. The Morgan fingerprint density at radius 3 is 2.46 bits per heavy atom. The highest BCUT2D eigenvalue weighted by molar-refractivity contribution is 5.25. The largest absolute Gasteiger partial charge is 0.491 e. The van der Waals surface area contributed by atoms with Gasteiger partial charge in [0.2, 0.25) is 0 Å². The molecule has 2 aromatic carbocycles. The van der Waals surface area contributed by atoms with Crippen molar-refractivity contribution in [3.63, 3.8) is 0 Å². The van der Waals surface area contributed by atoms with Gasteiger partial charge in [0.05, 0.1) is 6.61 Å². The maximum absolute atomic E-state index is 10.3. The number of aryl methyl sites for hydroxylation is 1. The molecule has 0 unspecified atom stereocenters. The van der Waals surface area contributed by atoms with Gasteiger partial charge < -0.3 is 14.6 Å². The van der Waals surface area contributed by atoms with E-state index in [1.54, 1.807) is 7.11 Å². The Morgan fingerprint density at radius 2 is 1.75 bits per heavy atom. The second-order valence-corrected chi connectivity index (χ2v) is 5.93. The van der Waals surface area contributed by atoms with Gasteiger partial charge in [-0.25, -0.2) is 0 Å². The second kappa shape index (κ2) is 10.1. The highest BCUT2D eigenvalue weighted by Gasteiger charge is 2.14. The van der Waals surface area contributed by atoms with Crippen LogP contribution in [0.15, 0.2) is 54.6 Å². The molecule has 24 heavy (non-hydrogen) atoms. The Balaban J connectivity index is 1.88. The van der Waals surface area contributed by atoms with Crippen LogP contribution in [0.25, 0.3) is 0 Å². The van der Waals surface area contributed by atoms with Crippen LogP contribution < -0.4 is 4.74 Å². The predicted octanol–water partition coefficient (Wildman–Crippen LogP) is 2.88. The number of methoxy groups -OCH3 is 1. The van der Waals surface area contributed by atoms with Crippen molar-refractivity contribution in [2.75, 3.05) is 33.4 Å². The van der Waals surface area contributed by atoms with E-state index in [-0.39, 0.29) is 6.61 Å².